The summed E-state index contributed by atoms with van der Waals surface area (Å²) in [6.45, 7) is 2.54. The number of hydrogen-bond donors (Lipinski definition) is 2. The monoisotopic (exact) mass is 228 g/mol. The second-order valence-electron chi connectivity index (χ2n) is 3.28. The zero-order valence-electron chi connectivity index (χ0n) is 8.99. The minimum atomic E-state index is -0.730. The maximum Gasteiger partial charge on any atom is 0.131 e. The van der Waals surface area contributed by atoms with E-state index in [1.807, 2.05) is 0 Å². The van der Waals surface area contributed by atoms with Gasteiger partial charge in [-0.2, -0.15) is 0 Å². The van der Waals surface area contributed by atoms with Gasteiger partial charge in [-0.3, -0.25) is 4.21 Å². The fourth-order valence-corrected chi connectivity index (χ4v) is 1.72. The van der Waals surface area contributed by atoms with Crippen LogP contribution in [-0.2, 0) is 10.8 Å². The number of rotatable bonds is 5. The number of aromatic nitrogens is 2. The van der Waals surface area contributed by atoms with Crippen molar-refractivity contribution in [2.24, 2.45) is 0 Å². The summed E-state index contributed by atoms with van der Waals surface area (Å²) in [6, 6.07) is 1.69. The highest BCUT2D eigenvalue weighted by Crippen LogP contribution is 2.07. The molecule has 1 aromatic rings. The van der Waals surface area contributed by atoms with Crippen LogP contribution in [0.25, 0.3) is 0 Å². The summed E-state index contributed by atoms with van der Waals surface area (Å²) in [5.74, 6) is 2.54. The van der Waals surface area contributed by atoms with Gasteiger partial charge in [0.25, 0.3) is 0 Å². The Hall–Kier alpha value is -1.17. The fraction of sp³-hybridized carbons (Fsp3) is 0.556. The molecule has 1 unspecified atom stereocenters. The van der Waals surface area contributed by atoms with E-state index in [9.17, 15) is 4.21 Å². The smallest absolute Gasteiger partial charge is 0.131 e. The Morgan fingerprint density at radius 2 is 2.27 bits per heavy atom. The fourth-order valence-electron chi connectivity index (χ4n) is 1.17. The average molecular weight is 228 g/mol. The van der Waals surface area contributed by atoms with Gasteiger partial charge < -0.3 is 11.1 Å². The molecule has 0 fully saturated rings. The second-order valence-corrected chi connectivity index (χ2v) is 4.84. The minimum absolute atomic E-state index is 0.462. The highest BCUT2D eigenvalue weighted by Gasteiger charge is 1.98. The number of anilines is 2. The summed E-state index contributed by atoms with van der Waals surface area (Å²) in [6.07, 6.45) is 2.55. The molecular formula is C9H16N4OS. The molecule has 15 heavy (non-hydrogen) atoms. The number of hydrogen-bond acceptors (Lipinski definition) is 5. The molecule has 1 heterocycles. The first-order chi connectivity index (χ1) is 7.08. The zero-order valence-corrected chi connectivity index (χ0v) is 9.80. The topological polar surface area (TPSA) is 80.9 Å². The van der Waals surface area contributed by atoms with Crippen molar-refractivity contribution in [3.05, 3.63) is 11.9 Å². The van der Waals surface area contributed by atoms with Crippen LogP contribution in [0, 0.1) is 6.92 Å². The van der Waals surface area contributed by atoms with Gasteiger partial charge in [0.05, 0.1) is 0 Å². The van der Waals surface area contributed by atoms with E-state index in [-0.39, 0.29) is 0 Å². The zero-order chi connectivity index (χ0) is 11.3. The van der Waals surface area contributed by atoms with Gasteiger partial charge in [0.2, 0.25) is 0 Å². The number of nitrogen functional groups attached to an aromatic ring is 1. The van der Waals surface area contributed by atoms with Crippen LogP contribution in [0.4, 0.5) is 11.6 Å². The predicted molar refractivity (Wildman–Crippen MR) is 63.2 cm³/mol. The van der Waals surface area contributed by atoms with Crippen LogP contribution in [0.5, 0.6) is 0 Å². The summed E-state index contributed by atoms with van der Waals surface area (Å²) in [5.41, 5.74) is 5.57. The first kappa shape index (κ1) is 11.9. The molecule has 0 amide bonds. The van der Waals surface area contributed by atoms with Crippen LogP contribution in [0.15, 0.2) is 6.07 Å². The first-order valence-corrected chi connectivity index (χ1v) is 6.45. The van der Waals surface area contributed by atoms with E-state index in [1.54, 1.807) is 19.2 Å². The van der Waals surface area contributed by atoms with Crippen LogP contribution in [0.2, 0.25) is 0 Å². The average Bonchev–Trinajstić information content (AvgIpc) is 2.10. The standard InChI is InChI=1S/C9H16N4OS/c1-7-12-8(10)6-9(13-7)11-4-3-5-15(2)14/h6H,3-5H2,1-2H3,(H3,10,11,12,13). The molecule has 5 nitrogen and oxygen atoms in total. The van der Waals surface area contributed by atoms with E-state index >= 15 is 0 Å². The van der Waals surface area contributed by atoms with E-state index < -0.39 is 10.8 Å². The van der Waals surface area contributed by atoms with Gasteiger partial charge in [0, 0.05) is 35.4 Å². The SMILES string of the molecule is Cc1nc(N)cc(NCCCS(C)=O)n1. The normalized spacial score (nSPS) is 12.4. The summed E-state index contributed by atoms with van der Waals surface area (Å²) in [7, 11) is -0.730. The summed E-state index contributed by atoms with van der Waals surface area (Å²) < 4.78 is 10.8. The predicted octanol–water partition coefficient (Wildman–Crippen LogP) is 0.548. The van der Waals surface area contributed by atoms with Crippen molar-refractivity contribution < 1.29 is 4.21 Å². The molecule has 0 aliphatic carbocycles. The van der Waals surface area contributed by atoms with Crippen LogP contribution in [0.3, 0.4) is 0 Å². The van der Waals surface area contributed by atoms with Crippen molar-refractivity contribution in [3.63, 3.8) is 0 Å². The van der Waals surface area contributed by atoms with Crippen LogP contribution >= 0.6 is 0 Å². The van der Waals surface area contributed by atoms with Crippen LogP contribution in [-0.4, -0.2) is 32.7 Å². The molecule has 0 saturated carbocycles. The third-order valence-electron chi connectivity index (χ3n) is 1.77. The summed E-state index contributed by atoms with van der Waals surface area (Å²) in [5, 5.41) is 3.12. The molecule has 84 valence electrons. The van der Waals surface area contributed by atoms with Gasteiger partial charge in [0.1, 0.15) is 17.5 Å². The first-order valence-electron chi connectivity index (χ1n) is 4.73. The molecule has 3 N–H and O–H groups in total. The molecule has 1 rings (SSSR count). The number of aryl methyl sites for hydroxylation is 1. The quantitative estimate of drug-likeness (QED) is 0.719. The van der Waals surface area contributed by atoms with Gasteiger partial charge in [-0.15, -0.1) is 0 Å². The van der Waals surface area contributed by atoms with Crippen LogP contribution < -0.4 is 11.1 Å². The highest BCUT2D eigenvalue weighted by atomic mass is 32.2. The van der Waals surface area contributed by atoms with Crippen molar-refractivity contribution >= 4 is 22.4 Å². The van der Waals surface area contributed by atoms with E-state index in [2.05, 4.69) is 15.3 Å². The largest absolute Gasteiger partial charge is 0.384 e. The third kappa shape index (κ3) is 4.73. The van der Waals surface area contributed by atoms with E-state index in [0.717, 1.165) is 18.8 Å². The Balaban J connectivity index is 2.40. The molecular weight excluding hydrogens is 212 g/mol. The number of nitrogens with zero attached hydrogens (tertiary/aromatic N) is 2. The molecule has 0 aliphatic rings. The van der Waals surface area contributed by atoms with Gasteiger partial charge in [0.15, 0.2) is 0 Å². The maximum absolute atomic E-state index is 10.8. The van der Waals surface area contributed by atoms with E-state index in [0.29, 0.717) is 17.4 Å². The number of nitrogens with two attached hydrogens (primary N) is 1. The Morgan fingerprint density at radius 3 is 2.87 bits per heavy atom. The van der Waals surface area contributed by atoms with E-state index in [1.165, 1.54) is 0 Å². The molecule has 1 atom stereocenters. The maximum atomic E-state index is 10.8. The summed E-state index contributed by atoms with van der Waals surface area (Å²) >= 11 is 0. The highest BCUT2D eigenvalue weighted by molar-refractivity contribution is 7.84. The second kappa shape index (κ2) is 5.65. The van der Waals surface area contributed by atoms with E-state index in [4.69, 9.17) is 5.73 Å². The Morgan fingerprint density at radius 1 is 1.53 bits per heavy atom. The molecule has 0 spiro atoms. The molecule has 0 saturated heterocycles. The van der Waals surface area contributed by atoms with Crippen LogP contribution in [0.1, 0.15) is 12.2 Å². The van der Waals surface area contributed by atoms with Gasteiger partial charge in [-0.05, 0) is 13.3 Å². The van der Waals surface area contributed by atoms with Gasteiger partial charge in [-0.1, -0.05) is 0 Å². The molecule has 0 aliphatic heterocycles. The molecule has 0 bridgehead atoms. The summed E-state index contributed by atoms with van der Waals surface area (Å²) in [4.78, 5) is 8.14. The Labute approximate surface area is 92.0 Å². The lowest BCUT2D eigenvalue weighted by Crippen LogP contribution is -2.08. The van der Waals surface area contributed by atoms with Crippen molar-refractivity contribution in [1.82, 2.24) is 9.97 Å². The van der Waals surface area contributed by atoms with Crippen molar-refractivity contribution in [2.75, 3.05) is 29.6 Å². The van der Waals surface area contributed by atoms with Crippen molar-refractivity contribution in [3.8, 4) is 0 Å². The Bertz CT molecular complexity index is 336. The van der Waals surface area contributed by atoms with Gasteiger partial charge >= 0.3 is 0 Å². The molecule has 0 radical (unpaired) electrons. The third-order valence-corrected chi connectivity index (χ3v) is 2.64. The molecule has 6 heteroatoms. The lowest BCUT2D eigenvalue weighted by molar-refractivity contribution is 0.685. The number of nitrogens with one attached hydrogen (secondary N) is 1. The lowest BCUT2D eigenvalue weighted by Gasteiger charge is -2.05. The Kier molecular flexibility index (Phi) is 4.48. The van der Waals surface area contributed by atoms with Gasteiger partial charge in [-0.25, -0.2) is 9.97 Å². The lowest BCUT2D eigenvalue weighted by atomic mass is 10.4. The van der Waals surface area contributed by atoms with Crippen molar-refractivity contribution in [2.45, 2.75) is 13.3 Å². The minimum Gasteiger partial charge on any atom is -0.384 e. The molecule has 0 aromatic carbocycles. The van der Waals surface area contributed by atoms with Crippen molar-refractivity contribution in [1.29, 1.82) is 0 Å². The molecule has 1 aromatic heterocycles.